The molecular formula is C18H18ClNO. The summed E-state index contributed by atoms with van der Waals surface area (Å²) in [6.07, 6.45) is 4.37. The van der Waals surface area contributed by atoms with Gasteiger partial charge in [0.2, 0.25) is 0 Å². The van der Waals surface area contributed by atoms with Crippen LogP contribution < -0.4 is 4.74 Å². The zero-order chi connectivity index (χ0) is 15.1. The normalized spacial score (nSPS) is 9.86. The van der Waals surface area contributed by atoms with E-state index in [0.717, 1.165) is 28.0 Å². The van der Waals surface area contributed by atoms with Crippen LogP contribution in [0, 0.1) is 25.7 Å². The fourth-order valence-corrected chi connectivity index (χ4v) is 2.03. The molecular weight excluding hydrogens is 282 g/mol. The highest BCUT2D eigenvalue weighted by molar-refractivity contribution is 6.18. The van der Waals surface area contributed by atoms with E-state index in [4.69, 9.17) is 16.3 Å². The van der Waals surface area contributed by atoms with Crippen LogP contribution >= 0.6 is 11.6 Å². The number of pyridine rings is 1. The summed E-state index contributed by atoms with van der Waals surface area (Å²) < 4.78 is 5.80. The summed E-state index contributed by atoms with van der Waals surface area (Å²) in [6, 6.07) is 8.01. The molecule has 108 valence electrons. The van der Waals surface area contributed by atoms with Crippen LogP contribution in [0.2, 0.25) is 0 Å². The molecule has 0 fully saturated rings. The van der Waals surface area contributed by atoms with Gasteiger partial charge < -0.3 is 4.74 Å². The van der Waals surface area contributed by atoms with E-state index in [-0.39, 0.29) is 0 Å². The molecule has 0 aliphatic rings. The van der Waals surface area contributed by atoms with Crippen molar-refractivity contribution in [2.45, 2.75) is 26.9 Å². The molecule has 0 amide bonds. The second-order valence-electron chi connectivity index (χ2n) is 4.88. The van der Waals surface area contributed by atoms with E-state index in [9.17, 15) is 0 Å². The summed E-state index contributed by atoms with van der Waals surface area (Å²) in [5.41, 5.74) is 4.33. The minimum absolute atomic E-state index is 0.519. The molecule has 0 radical (unpaired) electrons. The van der Waals surface area contributed by atoms with Gasteiger partial charge in [-0.2, -0.15) is 0 Å². The van der Waals surface area contributed by atoms with Crippen LogP contribution in [-0.4, -0.2) is 10.9 Å². The SMILES string of the molecule is Cc1cncc(COc2ccc(C#CCCCl)c(C)c2)c1. The van der Waals surface area contributed by atoms with Gasteiger partial charge in [0, 0.05) is 35.8 Å². The lowest BCUT2D eigenvalue weighted by Gasteiger charge is -2.08. The summed E-state index contributed by atoms with van der Waals surface area (Å²) in [5, 5.41) is 0. The summed E-state index contributed by atoms with van der Waals surface area (Å²) >= 11 is 5.62. The number of aryl methyl sites for hydroxylation is 2. The Labute approximate surface area is 131 Å². The maximum absolute atomic E-state index is 5.80. The van der Waals surface area contributed by atoms with Gasteiger partial charge in [0.1, 0.15) is 12.4 Å². The molecule has 2 nitrogen and oxygen atoms in total. The fourth-order valence-electron chi connectivity index (χ4n) is 1.93. The Morgan fingerprint density at radius 3 is 2.76 bits per heavy atom. The Morgan fingerprint density at radius 1 is 1.19 bits per heavy atom. The molecule has 3 heteroatoms. The molecule has 0 saturated carbocycles. The number of ether oxygens (including phenoxy) is 1. The van der Waals surface area contributed by atoms with E-state index in [1.807, 2.05) is 44.4 Å². The van der Waals surface area contributed by atoms with Gasteiger partial charge in [0.25, 0.3) is 0 Å². The van der Waals surface area contributed by atoms with Crippen molar-refractivity contribution in [1.82, 2.24) is 4.98 Å². The molecule has 0 bridgehead atoms. The quantitative estimate of drug-likeness (QED) is 0.622. The summed E-state index contributed by atoms with van der Waals surface area (Å²) in [6.45, 7) is 4.58. The highest BCUT2D eigenvalue weighted by Gasteiger charge is 2.00. The zero-order valence-electron chi connectivity index (χ0n) is 12.3. The van der Waals surface area contributed by atoms with Crippen LogP contribution in [0.25, 0.3) is 0 Å². The number of rotatable bonds is 4. The topological polar surface area (TPSA) is 22.1 Å². The van der Waals surface area contributed by atoms with Crippen molar-refractivity contribution in [1.29, 1.82) is 0 Å². The molecule has 0 spiro atoms. The molecule has 0 aliphatic carbocycles. The third-order valence-corrected chi connectivity index (χ3v) is 3.17. The molecule has 21 heavy (non-hydrogen) atoms. The average Bonchev–Trinajstić information content (AvgIpc) is 2.47. The summed E-state index contributed by atoms with van der Waals surface area (Å²) in [4.78, 5) is 4.16. The maximum Gasteiger partial charge on any atom is 0.120 e. The van der Waals surface area contributed by atoms with E-state index in [1.165, 1.54) is 0 Å². The van der Waals surface area contributed by atoms with Crippen LogP contribution in [0.3, 0.4) is 0 Å². The van der Waals surface area contributed by atoms with Gasteiger partial charge in [-0.25, -0.2) is 0 Å². The summed E-state index contributed by atoms with van der Waals surface area (Å²) in [5.74, 6) is 7.58. The molecule has 0 N–H and O–H groups in total. The Morgan fingerprint density at radius 2 is 2.05 bits per heavy atom. The number of hydrogen-bond acceptors (Lipinski definition) is 2. The summed E-state index contributed by atoms with van der Waals surface area (Å²) in [7, 11) is 0. The number of hydrogen-bond donors (Lipinski definition) is 0. The van der Waals surface area contributed by atoms with Crippen molar-refractivity contribution in [3.8, 4) is 17.6 Å². The Kier molecular flexibility index (Phi) is 5.66. The van der Waals surface area contributed by atoms with Crippen molar-refractivity contribution in [2.24, 2.45) is 0 Å². The smallest absolute Gasteiger partial charge is 0.120 e. The van der Waals surface area contributed by atoms with E-state index < -0.39 is 0 Å². The second kappa shape index (κ2) is 7.71. The predicted octanol–water partition coefficient (Wildman–Crippen LogP) is 4.26. The van der Waals surface area contributed by atoms with Crippen LogP contribution in [0.4, 0.5) is 0 Å². The van der Waals surface area contributed by atoms with Gasteiger partial charge in [-0.05, 0) is 49.2 Å². The second-order valence-corrected chi connectivity index (χ2v) is 5.25. The minimum atomic E-state index is 0.519. The first-order valence-corrected chi connectivity index (χ1v) is 7.41. The van der Waals surface area contributed by atoms with Crippen LogP contribution in [0.5, 0.6) is 5.75 Å². The van der Waals surface area contributed by atoms with Crippen molar-refractivity contribution in [3.05, 3.63) is 58.9 Å². The van der Waals surface area contributed by atoms with Crippen molar-refractivity contribution < 1.29 is 4.74 Å². The number of nitrogens with zero attached hydrogens (tertiary/aromatic N) is 1. The highest BCUT2D eigenvalue weighted by atomic mass is 35.5. The minimum Gasteiger partial charge on any atom is -0.489 e. The molecule has 1 aromatic heterocycles. The van der Waals surface area contributed by atoms with E-state index in [1.54, 1.807) is 0 Å². The number of alkyl halides is 1. The fraction of sp³-hybridized carbons (Fsp3) is 0.278. The largest absolute Gasteiger partial charge is 0.489 e. The lowest BCUT2D eigenvalue weighted by atomic mass is 10.1. The van der Waals surface area contributed by atoms with E-state index >= 15 is 0 Å². The van der Waals surface area contributed by atoms with Crippen LogP contribution in [-0.2, 0) is 6.61 Å². The van der Waals surface area contributed by atoms with Gasteiger partial charge in [0.15, 0.2) is 0 Å². The molecule has 1 heterocycles. The lowest BCUT2D eigenvalue weighted by Crippen LogP contribution is -1.97. The molecule has 0 aliphatic heterocycles. The number of aromatic nitrogens is 1. The first kappa shape index (κ1) is 15.4. The van der Waals surface area contributed by atoms with Gasteiger partial charge in [-0.15, -0.1) is 11.6 Å². The molecule has 2 aromatic rings. The van der Waals surface area contributed by atoms with Gasteiger partial charge in [-0.3, -0.25) is 4.98 Å². The van der Waals surface area contributed by atoms with E-state index in [0.29, 0.717) is 18.9 Å². The van der Waals surface area contributed by atoms with Crippen molar-refractivity contribution in [3.63, 3.8) is 0 Å². The highest BCUT2D eigenvalue weighted by Crippen LogP contribution is 2.18. The zero-order valence-corrected chi connectivity index (χ0v) is 13.1. The third kappa shape index (κ3) is 4.81. The Hall–Kier alpha value is -1.98. The Bertz CT molecular complexity index is 670. The first-order valence-electron chi connectivity index (χ1n) is 6.88. The molecule has 0 saturated heterocycles. The maximum atomic E-state index is 5.80. The predicted molar refractivity (Wildman–Crippen MR) is 86.7 cm³/mol. The van der Waals surface area contributed by atoms with E-state index in [2.05, 4.69) is 22.9 Å². The van der Waals surface area contributed by atoms with Crippen molar-refractivity contribution in [2.75, 3.05) is 5.88 Å². The lowest BCUT2D eigenvalue weighted by molar-refractivity contribution is 0.305. The standard InChI is InChI=1S/C18H18ClNO/c1-14-9-16(12-20-11-14)13-21-18-7-6-17(15(2)10-18)5-3-4-8-19/h6-7,9-12H,4,8,13H2,1-2H3. The average molecular weight is 300 g/mol. The van der Waals surface area contributed by atoms with Gasteiger partial charge in [-0.1, -0.05) is 11.8 Å². The monoisotopic (exact) mass is 299 g/mol. The van der Waals surface area contributed by atoms with Gasteiger partial charge >= 0.3 is 0 Å². The number of benzene rings is 1. The molecule has 2 rings (SSSR count). The van der Waals surface area contributed by atoms with Crippen LogP contribution in [0.1, 0.15) is 28.7 Å². The Balaban J connectivity index is 2.02. The number of halogens is 1. The third-order valence-electron chi connectivity index (χ3n) is 2.98. The van der Waals surface area contributed by atoms with Crippen molar-refractivity contribution >= 4 is 11.6 Å². The first-order chi connectivity index (χ1) is 10.2. The molecule has 1 aromatic carbocycles. The van der Waals surface area contributed by atoms with Crippen LogP contribution in [0.15, 0.2) is 36.7 Å². The molecule has 0 atom stereocenters. The molecule has 0 unspecified atom stereocenters. The van der Waals surface area contributed by atoms with Gasteiger partial charge in [0.05, 0.1) is 0 Å².